The van der Waals surface area contributed by atoms with E-state index in [4.69, 9.17) is 11.5 Å². The van der Waals surface area contributed by atoms with Crippen LogP contribution in [0.5, 0.6) is 0 Å². The van der Waals surface area contributed by atoms with Crippen LogP contribution in [0.25, 0.3) is 0 Å². The largest absolute Gasteiger partial charge is 0.330 e. The zero-order chi connectivity index (χ0) is 18.2. The molecule has 4 heteroatoms. The van der Waals surface area contributed by atoms with E-state index >= 15 is 0 Å². The molecular formula is C21H37N3O. The zero-order valence-corrected chi connectivity index (χ0v) is 15.7. The van der Waals surface area contributed by atoms with Gasteiger partial charge in [-0.05, 0) is 50.9 Å². The monoisotopic (exact) mass is 347 g/mol. The van der Waals surface area contributed by atoms with Gasteiger partial charge in [0.05, 0.1) is 6.04 Å². The van der Waals surface area contributed by atoms with Gasteiger partial charge >= 0.3 is 0 Å². The summed E-state index contributed by atoms with van der Waals surface area (Å²) in [5.74, 6) is 0.201. The van der Waals surface area contributed by atoms with E-state index in [9.17, 15) is 4.79 Å². The third-order valence-corrected chi connectivity index (χ3v) is 4.55. The molecule has 0 saturated heterocycles. The summed E-state index contributed by atoms with van der Waals surface area (Å²) < 4.78 is 0. The van der Waals surface area contributed by atoms with Crippen LogP contribution in [0.2, 0.25) is 0 Å². The fourth-order valence-electron chi connectivity index (χ4n) is 2.95. The van der Waals surface area contributed by atoms with E-state index in [1.54, 1.807) is 0 Å². The highest BCUT2D eigenvalue weighted by Gasteiger charge is 2.13. The van der Waals surface area contributed by atoms with Gasteiger partial charge in [-0.1, -0.05) is 62.4 Å². The van der Waals surface area contributed by atoms with Crippen LogP contribution in [0.1, 0.15) is 63.4 Å². The fraction of sp³-hybridized carbons (Fsp3) is 0.667. The molecule has 0 fully saturated rings. The average Bonchev–Trinajstić information content (AvgIpc) is 2.63. The summed E-state index contributed by atoms with van der Waals surface area (Å²) in [6.07, 6.45) is 10.8. The summed E-state index contributed by atoms with van der Waals surface area (Å²) in [6.45, 7) is 2.91. The molecule has 1 rings (SSSR count). The Balaban J connectivity index is 1.91. The fourth-order valence-corrected chi connectivity index (χ4v) is 2.95. The van der Waals surface area contributed by atoms with Crippen molar-refractivity contribution in [2.24, 2.45) is 11.5 Å². The van der Waals surface area contributed by atoms with Crippen molar-refractivity contribution in [3.8, 4) is 0 Å². The van der Waals surface area contributed by atoms with E-state index in [-0.39, 0.29) is 11.8 Å². The third kappa shape index (κ3) is 11.9. The molecule has 0 aromatic heterocycles. The summed E-state index contributed by atoms with van der Waals surface area (Å²) in [6, 6.07) is 9.66. The molecule has 5 N–H and O–H groups in total. The number of nitrogens with one attached hydrogen (secondary N) is 1. The Hall–Kier alpha value is -1.23. The normalized spacial score (nSPS) is 12.2. The molecule has 25 heavy (non-hydrogen) atoms. The Kier molecular flexibility index (Phi) is 13.1. The van der Waals surface area contributed by atoms with Crippen LogP contribution in [0.3, 0.4) is 0 Å². The number of carbonyl (C=O) groups excluding carboxylic acids is 1. The van der Waals surface area contributed by atoms with Crippen LogP contribution in [-0.4, -0.2) is 31.5 Å². The van der Waals surface area contributed by atoms with Crippen LogP contribution in [0.4, 0.5) is 0 Å². The Morgan fingerprint density at radius 2 is 1.48 bits per heavy atom. The Bertz CT molecular complexity index is 436. The van der Waals surface area contributed by atoms with Crippen LogP contribution in [-0.2, 0) is 11.2 Å². The van der Waals surface area contributed by atoms with Crippen LogP contribution in [0, 0.1) is 0 Å². The standard InChI is InChI=1S/C21H37N3O/c22-15-11-17-24-16-10-5-3-1-2-4-9-14-21(25)20(23)18-19-12-7-6-8-13-19/h6-8,12-13,20,24H,1-5,9-11,14-18,22-23H2/t20-/m0/s1. The number of hydrogen-bond acceptors (Lipinski definition) is 4. The first kappa shape index (κ1) is 21.8. The summed E-state index contributed by atoms with van der Waals surface area (Å²) in [7, 11) is 0. The smallest absolute Gasteiger partial charge is 0.149 e. The first-order chi connectivity index (χ1) is 12.2. The summed E-state index contributed by atoms with van der Waals surface area (Å²) >= 11 is 0. The molecule has 0 bridgehead atoms. The van der Waals surface area contributed by atoms with Gasteiger partial charge in [0, 0.05) is 6.42 Å². The molecule has 0 spiro atoms. The van der Waals surface area contributed by atoms with Gasteiger partial charge in [-0.2, -0.15) is 0 Å². The van der Waals surface area contributed by atoms with Gasteiger partial charge in [-0.25, -0.2) is 0 Å². The lowest BCUT2D eigenvalue weighted by Gasteiger charge is -2.10. The van der Waals surface area contributed by atoms with Gasteiger partial charge < -0.3 is 16.8 Å². The van der Waals surface area contributed by atoms with Crippen molar-refractivity contribution in [3.05, 3.63) is 35.9 Å². The lowest BCUT2D eigenvalue weighted by atomic mass is 9.99. The van der Waals surface area contributed by atoms with E-state index in [0.29, 0.717) is 12.8 Å². The highest BCUT2D eigenvalue weighted by molar-refractivity contribution is 5.84. The van der Waals surface area contributed by atoms with Crippen LogP contribution < -0.4 is 16.8 Å². The maximum Gasteiger partial charge on any atom is 0.149 e. The number of unbranched alkanes of at least 4 members (excludes halogenated alkanes) is 6. The number of benzene rings is 1. The van der Waals surface area contributed by atoms with Crippen molar-refractivity contribution >= 4 is 5.78 Å². The molecule has 142 valence electrons. The van der Waals surface area contributed by atoms with Gasteiger partial charge in [0.15, 0.2) is 0 Å². The predicted molar refractivity (Wildman–Crippen MR) is 107 cm³/mol. The molecule has 0 saturated carbocycles. The number of ketones is 1. The Morgan fingerprint density at radius 3 is 2.16 bits per heavy atom. The maximum atomic E-state index is 12.1. The highest BCUT2D eigenvalue weighted by Crippen LogP contribution is 2.10. The SMILES string of the molecule is NCCCNCCCCCCCCCC(=O)[C@@H](N)Cc1ccccc1. The number of Topliss-reactive ketones (excluding diaryl/α,β-unsaturated/α-hetero) is 1. The van der Waals surface area contributed by atoms with E-state index in [2.05, 4.69) is 5.32 Å². The number of carbonyl (C=O) groups is 1. The van der Waals surface area contributed by atoms with Crippen molar-refractivity contribution in [1.82, 2.24) is 5.32 Å². The lowest BCUT2D eigenvalue weighted by molar-refractivity contribution is -0.120. The van der Waals surface area contributed by atoms with E-state index in [0.717, 1.165) is 44.5 Å². The molecule has 0 unspecified atom stereocenters. The topological polar surface area (TPSA) is 81.1 Å². The van der Waals surface area contributed by atoms with E-state index < -0.39 is 0 Å². The molecule has 4 nitrogen and oxygen atoms in total. The summed E-state index contributed by atoms with van der Waals surface area (Å²) in [4.78, 5) is 12.1. The summed E-state index contributed by atoms with van der Waals surface area (Å²) in [5.41, 5.74) is 12.6. The number of nitrogens with two attached hydrogens (primary N) is 2. The van der Waals surface area contributed by atoms with Gasteiger partial charge in [0.2, 0.25) is 0 Å². The highest BCUT2D eigenvalue weighted by atomic mass is 16.1. The van der Waals surface area contributed by atoms with Crippen molar-refractivity contribution in [1.29, 1.82) is 0 Å². The zero-order valence-electron chi connectivity index (χ0n) is 15.7. The second-order valence-corrected chi connectivity index (χ2v) is 6.88. The Labute approximate surface area is 153 Å². The molecule has 1 atom stereocenters. The van der Waals surface area contributed by atoms with Gasteiger partial charge in [-0.15, -0.1) is 0 Å². The number of rotatable bonds is 16. The van der Waals surface area contributed by atoms with Gasteiger partial charge in [0.1, 0.15) is 5.78 Å². The first-order valence-corrected chi connectivity index (χ1v) is 9.97. The molecule has 0 radical (unpaired) electrons. The second kappa shape index (κ2) is 15.1. The van der Waals surface area contributed by atoms with Crippen LogP contribution in [0.15, 0.2) is 30.3 Å². The average molecular weight is 348 g/mol. The lowest BCUT2D eigenvalue weighted by Crippen LogP contribution is -2.32. The second-order valence-electron chi connectivity index (χ2n) is 6.88. The minimum absolute atomic E-state index is 0.201. The molecule has 0 amide bonds. The summed E-state index contributed by atoms with van der Waals surface area (Å²) in [5, 5.41) is 3.41. The molecular weight excluding hydrogens is 310 g/mol. The predicted octanol–water partition coefficient (Wildman–Crippen LogP) is 3.18. The van der Waals surface area contributed by atoms with Gasteiger partial charge in [-0.3, -0.25) is 4.79 Å². The molecule has 0 aliphatic rings. The third-order valence-electron chi connectivity index (χ3n) is 4.55. The van der Waals surface area contributed by atoms with E-state index in [1.807, 2.05) is 30.3 Å². The first-order valence-electron chi connectivity index (χ1n) is 9.97. The maximum absolute atomic E-state index is 12.1. The van der Waals surface area contributed by atoms with E-state index in [1.165, 1.54) is 32.1 Å². The molecule has 1 aromatic carbocycles. The quantitative estimate of drug-likeness (QED) is 0.401. The minimum Gasteiger partial charge on any atom is -0.330 e. The minimum atomic E-state index is -0.353. The number of hydrogen-bond donors (Lipinski definition) is 3. The van der Waals surface area contributed by atoms with Crippen LogP contribution >= 0.6 is 0 Å². The van der Waals surface area contributed by atoms with Gasteiger partial charge in [0.25, 0.3) is 0 Å². The Morgan fingerprint density at radius 1 is 0.880 bits per heavy atom. The van der Waals surface area contributed by atoms with Crippen molar-refractivity contribution < 1.29 is 4.79 Å². The van der Waals surface area contributed by atoms with Crippen molar-refractivity contribution in [3.63, 3.8) is 0 Å². The molecule has 0 heterocycles. The molecule has 0 aliphatic heterocycles. The van der Waals surface area contributed by atoms with Crippen molar-refractivity contribution in [2.75, 3.05) is 19.6 Å². The van der Waals surface area contributed by atoms with Crippen molar-refractivity contribution in [2.45, 2.75) is 70.3 Å². The molecule has 0 aliphatic carbocycles. The molecule has 1 aromatic rings.